The second-order valence-corrected chi connectivity index (χ2v) is 5.26. The molecule has 1 saturated carbocycles. The molecular weight excluding hydrogens is 242 g/mol. The molecule has 0 unspecified atom stereocenters. The minimum Gasteiger partial charge on any atom is -0.468 e. The molecule has 2 N–H and O–H groups in total. The third-order valence-electron chi connectivity index (χ3n) is 4.35. The number of nitrogens with two attached hydrogens (primary N) is 1. The first kappa shape index (κ1) is 14.7. The van der Waals surface area contributed by atoms with Crippen LogP contribution in [0.15, 0.2) is 0 Å². The molecule has 2 rings (SSSR count). The van der Waals surface area contributed by atoms with Gasteiger partial charge in [0.1, 0.15) is 5.54 Å². The number of halogens is 1. The minimum absolute atomic E-state index is 0. The van der Waals surface area contributed by atoms with Gasteiger partial charge < -0.3 is 15.2 Å². The topological polar surface area (TPSA) is 61.5 Å². The second kappa shape index (κ2) is 5.55. The maximum atomic E-state index is 11.6. The van der Waals surface area contributed by atoms with Crippen LogP contribution in [0, 0.1) is 5.41 Å². The van der Waals surface area contributed by atoms with Gasteiger partial charge in [-0.25, -0.2) is 0 Å². The third kappa shape index (κ3) is 2.92. The molecule has 4 nitrogen and oxygen atoms in total. The highest BCUT2D eigenvalue weighted by atomic mass is 35.5. The highest BCUT2D eigenvalue weighted by molar-refractivity contribution is 5.85. The fraction of sp³-hybridized carbons (Fsp3) is 0.917. The first-order chi connectivity index (χ1) is 7.60. The van der Waals surface area contributed by atoms with E-state index >= 15 is 0 Å². The molecule has 0 radical (unpaired) electrons. The molecule has 1 spiro atoms. The molecule has 0 bridgehead atoms. The van der Waals surface area contributed by atoms with Gasteiger partial charge in [0.25, 0.3) is 0 Å². The molecule has 1 aliphatic heterocycles. The van der Waals surface area contributed by atoms with Crippen molar-refractivity contribution in [3.05, 3.63) is 0 Å². The van der Waals surface area contributed by atoms with Gasteiger partial charge in [0, 0.05) is 13.2 Å². The number of esters is 1. The van der Waals surface area contributed by atoms with Gasteiger partial charge in [-0.15, -0.1) is 12.4 Å². The van der Waals surface area contributed by atoms with Crippen molar-refractivity contribution in [2.24, 2.45) is 11.1 Å². The van der Waals surface area contributed by atoms with Crippen LogP contribution in [0.4, 0.5) is 0 Å². The Morgan fingerprint density at radius 1 is 1.12 bits per heavy atom. The van der Waals surface area contributed by atoms with E-state index < -0.39 is 5.54 Å². The molecule has 0 aromatic carbocycles. The first-order valence-corrected chi connectivity index (χ1v) is 6.05. The van der Waals surface area contributed by atoms with Gasteiger partial charge in [-0.1, -0.05) is 0 Å². The van der Waals surface area contributed by atoms with Gasteiger partial charge in [0.05, 0.1) is 7.11 Å². The summed E-state index contributed by atoms with van der Waals surface area (Å²) in [5.41, 5.74) is 5.74. The fourth-order valence-electron chi connectivity index (χ4n) is 2.94. The Kier molecular flexibility index (Phi) is 4.81. The Morgan fingerprint density at radius 3 is 2.12 bits per heavy atom. The summed E-state index contributed by atoms with van der Waals surface area (Å²) in [4.78, 5) is 11.6. The van der Waals surface area contributed by atoms with Crippen molar-refractivity contribution in [3.63, 3.8) is 0 Å². The lowest BCUT2D eigenvalue weighted by atomic mass is 9.64. The molecular formula is C12H22ClNO3. The van der Waals surface area contributed by atoms with Crippen molar-refractivity contribution in [1.29, 1.82) is 0 Å². The second-order valence-electron chi connectivity index (χ2n) is 5.26. The predicted molar refractivity (Wildman–Crippen MR) is 67.1 cm³/mol. The number of hydrogen-bond acceptors (Lipinski definition) is 4. The van der Waals surface area contributed by atoms with Crippen molar-refractivity contribution >= 4 is 18.4 Å². The molecule has 0 amide bonds. The zero-order chi connectivity index (χ0) is 11.6. The molecule has 1 heterocycles. The Labute approximate surface area is 109 Å². The minimum atomic E-state index is -0.738. The van der Waals surface area contributed by atoms with Crippen molar-refractivity contribution in [3.8, 4) is 0 Å². The van der Waals surface area contributed by atoms with Crippen LogP contribution >= 0.6 is 12.4 Å². The van der Waals surface area contributed by atoms with E-state index in [0.29, 0.717) is 5.41 Å². The summed E-state index contributed by atoms with van der Waals surface area (Å²) in [6, 6.07) is 0. The third-order valence-corrected chi connectivity index (χ3v) is 4.35. The lowest BCUT2D eigenvalue weighted by molar-refractivity contribution is -0.150. The van der Waals surface area contributed by atoms with Gasteiger partial charge in [0.2, 0.25) is 0 Å². The van der Waals surface area contributed by atoms with Crippen molar-refractivity contribution in [2.45, 2.75) is 44.1 Å². The highest BCUT2D eigenvalue weighted by Gasteiger charge is 2.45. The van der Waals surface area contributed by atoms with E-state index in [2.05, 4.69) is 0 Å². The summed E-state index contributed by atoms with van der Waals surface area (Å²) < 4.78 is 10.2. The van der Waals surface area contributed by atoms with Gasteiger partial charge in [-0.05, 0) is 43.9 Å². The summed E-state index contributed by atoms with van der Waals surface area (Å²) in [7, 11) is 1.41. The highest BCUT2D eigenvalue weighted by Crippen LogP contribution is 2.46. The zero-order valence-electron chi connectivity index (χ0n) is 10.4. The molecule has 1 saturated heterocycles. The van der Waals surface area contributed by atoms with E-state index in [0.717, 1.165) is 51.7 Å². The number of hydrogen-bond donors (Lipinski definition) is 1. The van der Waals surface area contributed by atoms with E-state index in [-0.39, 0.29) is 18.4 Å². The van der Waals surface area contributed by atoms with Crippen LogP contribution in [-0.4, -0.2) is 31.8 Å². The number of ether oxygens (including phenoxy) is 2. The van der Waals surface area contributed by atoms with Crippen molar-refractivity contribution in [2.75, 3.05) is 20.3 Å². The Morgan fingerprint density at radius 2 is 1.65 bits per heavy atom. The van der Waals surface area contributed by atoms with E-state index in [1.165, 1.54) is 7.11 Å². The van der Waals surface area contributed by atoms with E-state index in [1.54, 1.807) is 0 Å². The zero-order valence-corrected chi connectivity index (χ0v) is 11.2. The maximum Gasteiger partial charge on any atom is 0.325 e. The molecule has 2 fully saturated rings. The standard InChI is InChI=1S/C12H21NO3.ClH/c1-15-10(14)12(13)4-2-11(3-5-12)6-8-16-9-7-11;/h2-9,13H2,1H3;1H. The number of carbonyl (C=O) groups excluding carboxylic acids is 1. The molecule has 100 valence electrons. The summed E-state index contributed by atoms with van der Waals surface area (Å²) in [6.45, 7) is 1.71. The molecule has 0 aromatic heterocycles. The van der Waals surface area contributed by atoms with Crippen LogP contribution in [0.1, 0.15) is 38.5 Å². The SMILES string of the molecule is COC(=O)C1(N)CCC2(CCOCC2)CC1.Cl. The van der Waals surface area contributed by atoms with Crippen molar-refractivity contribution < 1.29 is 14.3 Å². The fourth-order valence-corrected chi connectivity index (χ4v) is 2.94. The molecule has 5 heteroatoms. The van der Waals surface area contributed by atoms with Crippen molar-refractivity contribution in [1.82, 2.24) is 0 Å². The molecule has 2 aliphatic rings. The average Bonchev–Trinajstić information content (AvgIpc) is 2.34. The summed E-state index contributed by atoms with van der Waals surface area (Å²) >= 11 is 0. The van der Waals surface area contributed by atoms with Crippen LogP contribution in [0.25, 0.3) is 0 Å². The van der Waals surface area contributed by atoms with Crippen LogP contribution < -0.4 is 5.73 Å². The summed E-state index contributed by atoms with van der Waals surface area (Å²) in [6.07, 6.45) is 5.79. The monoisotopic (exact) mass is 263 g/mol. The summed E-state index contributed by atoms with van der Waals surface area (Å²) in [5, 5.41) is 0. The van der Waals surface area contributed by atoms with E-state index in [1.807, 2.05) is 0 Å². The van der Waals surface area contributed by atoms with Crippen LogP contribution in [-0.2, 0) is 14.3 Å². The lowest BCUT2D eigenvalue weighted by Crippen LogP contribution is -2.53. The van der Waals surface area contributed by atoms with E-state index in [9.17, 15) is 4.79 Å². The summed E-state index contributed by atoms with van der Waals surface area (Å²) in [5.74, 6) is -0.255. The van der Waals surface area contributed by atoms with Crippen LogP contribution in [0.2, 0.25) is 0 Å². The van der Waals surface area contributed by atoms with E-state index in [4.69, 9.17) is 15.2 Å². The maximum absolute atomic E-state index is 11.6. The van der Waals surface area contributed by atoms with Gasteiger partial charge in [0.15, 0.2) is 0 Å². The average molecular weight is 264 g/mol. The quantitative estimate of drug-likeness (QED) is 0.731. The normalized spacial score (nSPS) is 26.0. The van der Waals surface area contributed by atoms with Gasteiger partial charge in [-0.2, -0.15) is 0 Å². The Bertz CT molecular complexity index is 267. The van der Waals surface area contributed by atoms with Gasteiger partial charge in [-0.3, -0.25) is 4.79 Å². The Balaban J connectivity index is 0.00000144. The molecule has 0 aromatic rings. The predicted octanol–water partition coefficient (Wildman–Crippen LogP) is 1.65. The number of methoxy groups -OCH3 is 1. The smallest absolute Gasteiger partial charge is 0.325 e. The molecule has 17 heavy (non-hydrogen) atoms. The number of carbonyl (C=O) groups is 1. The van der Waals surface area contributed by atoms with Gasteiger partial charge >= 0.3 is 5.97 Å². The largest absolute Gasteiger partial charge is 0.468 e. The molecule has 0 atom stereocenters. The lowest BCUT2D eigenvalue weighted by Gasteiger charge is -2.45. The van der Waals surface area contributed by atoms with Crippen LogP contribution in [0.3, 0.4) is 0 Å². The first-order valence-electron chi connectivity index (χ1n) is 6.05. The van der Waals surface area contributed by atoms with Crippen LogP contribution in [0.5, 0.6) is 0 Å². The Hall–Kier alpha value is -0.320. The molecule has 1 aliphatic carbocycles. The number of rotatable bonds is 1.